The molecule has 518 valence electrons. The van der Waals surface area contributed by atoms with Gasteiger partial charge in [0.1, 0.15) is 0 Å². The Morgan fingerprint density at radius 3 is 1.05 bits per heavy atom. The fourth-order valence-corrected chi connectivity index (χ4v) is 15.9. The first-order valence-corrected chi connectivity index (χ1v) is 36.1. The van der Waals surface area contributed by atoms with Crippen LogP contribution in [0.15, 0.2) is 351 Å². The molecule has 0 atom stereocenters. The van der Waals surface area contributed by atoms with Gasteiger partial charge >= 0.3 is 0 Å². The van der Waals surface area contributed by atoms with E-state index in [9.17, 15) is 24.7 Å². The molecule has 18 aromatic rings. The first-order valence-electron chi connectivity index (χ1n) is 46.6. The molecule has 8 heteroatoms. The van der Waals surface area contributed by atoms with Gasteiger partial charge in [-0.1, -0.05) is 314 Å². The van der Waals surface area contributed by atoms with E-state index in [1.54, 1.807) is 18.2 Å². The molecule has 0 radical (unpaired) electrons. The smallest absolute Gasteiger partial charge is 0.252 e. The lowest BCUT2D eigenvalue weighted by Crippen LogP contribution is -2.61. The van der Waals surface area contributed by atoms with E-state index in [-0.39, 0.29) is 71.9 Å². The number of aromatic nitrogens is 5. The molecule has 2 aliphatic rings. The lowest BCUT2D eigenvalue weighted by atomic mass is 9.33. The number of rotatable bonds is 11. The number of hydrogen-bond acceptors (Lipinski definition) is 5. The van der Waals surface area contributed by atoms with Crippen LogP contribution in [0.3, 0.4) is 0 Å². The Morgan fingerprint density at radius 2 is 0.624 bits per heavy atom. The molecule has 0 aliphatic carbocycles. The Kier molecular flexibility index (Phi) is 11.0. The molecular weight excluding hydrogens is 1320 g/mol. The van der Waals surface area contributed by atoms with E-state index in [2.05, 4.69) is 70.7 Å². The predicted molar refractivity (Wildman–Crippen MR) is 458 cm³/mol. The van der Waals surface area contributed by atoms with E-state index in [1.165, 1.54) is 9.13 Å². The standard InChI is InChI=1S/C101H76BN7/c1-100(2,3)72-58-80(66-35-15-8-16-36-66)95(81(59-72)67-37-17-9-18-38-67)109-91-62-74(106-86-49-29-25-45-76(86)77-46-26-30-50-87(77)106)54-56-85(91)102-84-55-53-71(65-33-13-7-14-34-65)57-90(84)108(92-63-75(64-93(109)94(92)102)107-88-51-31-27-47-78(88)79-48-28-32-52-89(79)107)96-82(68-39-19-10-20-40-68)60-73(101(4,5)6)61-83(96)99-104-97(69-41-21-11-22-42-69)103-98(105-99)70-43-23-12-24-44-70/h7-64H,1-6H3/i7D,13D,14D,25D,26D,27D,28D,29D,30D,31D,32D,33D,34D,45D,46D,47D,48D,49D,50D,51D,52D. The van der Waals surface area contributed by atoms with Crippen molar-refractivity contribution in [3.05, 3.63) is 362 Å². The second-order valence-electron chi connectivity index (χ2n) is 29.6. The molecule has 5 heterocycles. The summed E-state index contributed by atoms with van der Waals surface area (Å²) in [5, 5.41) is -0.801. The summed E-state index contributed by atoms with van der Waals surface area (Å²) in [6, 6.07) is 58.4. The van der Waals surface area contributed by atoms with Gasteiger partial charge in [-0.2, -0.15) is 0 Å². The highest BCUT2D eigenvalue weighted by molar-refractivity contribution is 7.00. The van der Waals surface area contributed by atoms with E-state index in [1.807, 2.05) is 187 Å². The molecule has 0 saturated carbocycles. The summed E-state index contributed by atoms with van der Waals surface area (Å²) in [6.07, 6.45) is 0. The van der Waals surface area contributed by atoms with Crippen LogP contribution in [0.2, 0.25) is 0 Å². The molecule has 109 heavy (non-hydrogen) atoms. The number of hydrogen-bond donors (Lipinski definition) is 0. The molecule has 0 saturated heterocycles. The predicted octanol–water partition coefficient (Wildman–Crippen LogP) is 24.4. The van der Waals surface area contributed by atoms with Crippen LogP contribution in [0.5, 0.6) is 0 Å². The highest BCUT2D eigenvalue weighted by Crippen LogP contribution is 2.56. The third-order valence-corrected chi connectivity index (χ3v) is 21.0. The molecule has 0 N–H and O–H groups in total. The monoisotopic (exact) mass is 1420 g/mol. The van der Waals surface area contributed by atoms with Gasteiger partial charge in [0.25, 0.3) is 6.71 Å². The first-order chi connectivity index (χ1) is 62.1. The highest BCUT2D eigenvalue weighted by atomic mass is 15.2. The topological polar surface area (TPSA) is 55.0 Å². The van der Waals surface area contributed by atoms with Crippen LogP contribution in [-0.4, -0.2) is 30.8 Å². The fraction of sp³-hybridized carbons (Fsp3) is 0.0792. The van der Waals surface area contributed by atoms with E-state index in [4.69, 9.17) is 19.1 Å². The second-order valence-corrected chi connectivity index (χ2v) is 29.6. The van der Waals surface area contributed by atoms with Crippen LogP contribution in [0.25, 0.3) is 134 Å². The SMILES string of the molecule is [2H]c1c([2H])c([2H])c(-c2ccc3c(c2)N(c2c(-c4ccccc4)cc(C(C)(C)C)cc2-c2nc(-c4ccccc4)nc(-c4ccccc4)n2)c2cc(-n4c5c([2H])c([2H])c([2H])c([2H])c5c5c([2H])c([2H])c([2H])c([2H])c54)cc4c2B3c2ccc(-n3c5c([2H])c([2H])c([2H])c([2H])c5c5c([2H])c([2H])c([2H])c([2H])c53)cc2N4c2c(-c3ccccc3)cc(C(C)(C)C)cc2-c2ccccc2)c([2H])c1[2H]. The summed E-state index contributed by atoms with van der Waals surface area (Å²) < 4.78 is 205. The van der Waals surface area contributed by atoms with Crippen molar-refractivity contribution in [1.29, 1.82) is 0 Å². The Labute approximate surface area is 665 Å². The van der Waals surface area contributed by atoms with Crippen molar-refractivity contribution in [1.82, 2.24) is 24.1 Å². The van der Waals surface area contributed by atoms with Crippen molar-refractivity contribution >= 4 is 101 Å². The van der Waals surface area contributed by atoms with Crippen molar-refractivity contribution in [2.75, 3.05) is 9.80 Å². The van der Waals surface area contributed by atoms with E-state index < -0.39 is 144 Å². The number of fused-ring (bicyclic) bond motifs is 10. The zero-order valence-electron chi connectivity index (χ0n) is 81.1. The summed E-state index contributed by atoms with van der Waals surface area (Å²) in [5.74, 6) is 0.776. The van der Waals surface area contributed by atoms with Crippen LogP contribution in [0.4, 0.5) is 34.1 Å². The molecule has 0 bridgehead atoms. The maximum Gasteiger partial charge on any atom is 0.252 e. The number of anilines is 6. The normalized spacial score (nSPS) is 15.3. The van der Waals surface area contributed by atoms with Crippen LogP contribution in [-0.2, 0) is 10.8 Å². The van der Waals surface area contributed by atoms with Gasteiger partial charge < -0.3 is 18.9 Å². The van der Waals surface area contributed by atoms with Crippen molar-refractivity contribution in [3.8, 4) is 90.0 Å². The summed E-state index contributed by atoms with van der Waals surface area (Å²) in [6.45, 7) is 11.6. The minimum atomic E-state index is -1.07. The van der Waals surface area contributed by atoms with Gasteiger partial charge in [0, 0.05) is 83.4 Å². The zero-order valence-corrected chi connectivity index (χ0v) is 60.1. The van der Waals surface area contributed by atoms with Crippen LogP contribution in [0, 0.1) is 0 Å². The summed E-state index contributed by atoms with van der Waals surface area (Å²) in [7, 11) is 0. The molecule has 0 amide bonds. The minimum Gasteiger partial charge on any atom is -0.310 e. The van der Waals surface area contributed by atoms with E-state index in [0.29, 0.717) is 101 Å². The molecule has 3 aromatic heterocycles. The van der Waals surface area contributed by atoms with Crippen molar-refractivity contribution < 1.29 is 28.8 Å². The van der Waals surface area contributed by atoms with Crippen LogP contribution < -0.4 is 26.2 Å². The molecule has 0 fully saturated rings. The van der Waals surface area contributed by atoms with Gasteiger partial charge in [-0.05, 0) is 145 Å². The Balaban J connectivity index is 1.07. The fourth-order valence-electron chi connectivity index (χ4n) is 15.9. The molecular formula is C101H76BN7. The van der Waals surface area contributed by atoms with Crippen molar-refractivity contribution in [2.45, 2.75) is 52.4 Å². The molecule has 0 unspecified atom stereocenters. The maximum absolute atomic E-state index is 10.3. The molecule has 2 aliphatic heterocycles. The van der Waals surface area contributed by atoms with Crippen LogP contribution in [0.1, 0.15) is 81.5 Å². The van der Waals surface area contributed by atoms with Gasteiger partial charge in [-0.15, -0.1) is 0 Å². The lowest BCUT2D eigenvalue weighted by molar-refractivity contribution is 0.590. The van der Waals surface area contributed by atoms with Gasteiger partial charge in [-0.25, -0.2) is 15.0 Å². The third-order valence-electron chi connectivity index (χ3n) is 21.0. The van der Waals surface area contributed by atoms with E-state index in [0.717, 1.165) is 22.3 Å². The summed E-state index contributed by atoms with van der Waals surface area (Å²) in [5.41, 5.74) is 9.35. The second kappa shape index (κ2) is 25.7. The van der Waals surface area contributed by atoms with E-state index >= 15 is 0 Å². The summed E-state index contributed by atoms with van der Waals surface area (Å²) in [4.78, 5) is 20.5. The maximum atomic E-state index is 10.3. The molecule has 7 nitrogen and oxygen atoms in total. The first kappa shape index (κ1) is 46.5. The largest absolute Gasteiger partial charge is 0.310 e. The zero-order chi connectivity index (χ0) is 91.5. The van der Waals surface area contributed by atoms with Gasteiger partial charge in [0.2, 0.25) is 0 Å². The Morgan fingerprint density at radius 1 is 0.284 bits per heavy atom. The number of para-hydroxylation sites is 4. The van der Waals surface area contributed by atoms with Gasteiger partial charge in [0.15, 0.2) is 17.5 Å². The quantitative estimate of drug-likeness (QED) is 0.121. The number of nitrogens with zero attached hydrogens (tertiary/aromatic N) is 7. The van der Waals surface area contributed by atoms with Gasteiger partial charge in [0.05, 0.1) is 67.9 Å². The van der Waals surface area contributed by atoms with Crippen molar-refractivity contribution in [2.24, 2.45) is 0 Å². The lowest BCUT2D eigenvalue weighted by Gasteiger charge is -2.46. The average Bonchev–Trinajstić information content (AvgIpc) is 0.971. The number of benzene rings is 15. The third kappa shape index (κ3) is 10.9. The molecule has 20 rings (SSSR count). The Bertz CT molecular complexity index is 7660. The Hall–Kier alpha value is -13.4. The summed E-state index contributed by atoms with van der Waals surface area (Å²) >= 11 is 0. The average molecular weight is 1420 g/mol. The molecule has 15 aromatic carbocycles. The van der Waals surface area contributed by atoms with Gasteiger partial charge in [-0.3, -0.25) is 0 Å². The molecule has 0 spiro atoms. The van der Waals surface area contributed by atoms with Crippen molar-refractivity contribution in [3.63, 3.8) is 0 Å². The highest BCUT2D eigenvalue weighted by Gasteiger charge is 2.47. The van der Waals surface area contributed by atoms with Crippen LogP contribution >= 0.6 is 0 Å². The minimum absolute atomic E-state index is 0.0534.